The Labute approximate surface area is 111 Å². The van der Waals surface area contributed by atoms with Gasteiger partial charge in [0.1, 0.15) is 0 Å². The second-order valence-electron chi connectivity index (χ2n) is 4.45. The zero-order chi connectivity index (χ0) is 13.7. The van der Waals surface area contributed by atoms with Gasteiger partial charge in [-0.05, 0) is 38.0 Å². The minimum Gasteiger partial charge on any atom is -0.449 e. The van der Waals surface area contributed by atoms with Crippen molar-refractivity contribution in [3.05, 3.63) is 36.2 Å². The van der Waals surface area contributed by atoms with Gasteiger partial charge in [0.15, 0.2) is 6.10 Å². The number of aromatic nitrogens is 1. The monoisotopic (exact) mass is 260 g/mol. The number of pyridine rings is 1. The molecule has 1 aromatic rings. The van der Waals surface area contributed by atoms with Crippen LogP contribution in [0.1, 0.15) is 25.5 Å². The lowest BCUT2D eigenvalue weighted by atomic mass is 10.3. The van der Waals surface area contributed by atoms with Crippen molar-refractivity contribution < 1.29 is 14.3 Å². The van der Waals surface area contributed by atoms with Crippen LogP contribution in [0, 0.1) is 0 Å². The summed E-state index contributed by atoms with van der Waals surface area (Å²) in [4.78, 5) is 27.1. The summed E-state index contributed by atoms with van der Waals surface area (Å²) in [6.07, 6.45) is 5.69. The molecule has 5 nitrogen and oxygen atoms in total. The Bertz CT molecular complexity index is 481. The van der Waals surface area contributed by atoms with Gasteiger partial charge < -0.3 is 10.1 Å². The molecule has 0 aliphatic heterocycles. The molecule has 1 aliphatic carbocycles. The van der Waals surface area contributed by atoms with E-state index in [0.717, 1.165) is 12.8 Å². The average Bonchev–Trinajstić information content (AvgIpc) is 3.21. The lowest BCUT2D eigenvalue weighted by Gasteiger charge is -2.11. The summed E-state index contributed by atoms with van der Waals surface area (Å²) in [6.45, 7) is 1.56. The normalized spacial score (nSPS) is 16.1. The largest absolute Gasteiger partial charge is 0.449 e. The molecule has 0 saturated heterocycles. The van der Waals surface area contributed by atoms with E-state index in [-0.39, 0.29) is 11.9 Å². The van der Waals surface area contributed by atoms with Gasteiger partial charge in [-0.25, -0.2) is 4.79 Å². The molecule has 2 rings (SSSR count). The molecule has 1 N–H and O–H groups in total. The Hall–Kier alpha value is -2.17. The molecule has 0 unspecified atom stereocenters. The number of nitrogens with one attached hydrogen (secondary N) is 1. The van der Waals surface area contributed by atoms with Crippen LogP contribution in [-0.2, 0) is 14.3 Å². The van der Waals surface area contributed by atoms with Crippen molar-refractivity contribution in [3.63, 3.8) is 0 Å². The number of carbonyl (C=O) groups is 2. The number of esters is 1. The van der Waals surface area contributed by atoms with Gasteiger partial charge in [0.25, 0.3) is 5.91 Å². The summed E-state index contributed by atoms with van der Waals surface area (Å²) >= 11 is 0. The van der Waals surface area contributed by atoms with Crippen LogP contribution in [0.5, 0.6) is 0 Å². The van der Waals surface area contributed by atoms with E-state index in [1.165, 1.54) is 6.08 Å². The molecule has 0 bridgehead atoms. The van der Waals surface area contributed by atoms with Crippen molar-refractivity contribution in [2.75, 3.05) is 0 Å². The molecule has 1 aliphatic rings. The molecule has 100 valence electrons. The predicted octanol–water partition coefficient (Wildman–Crippen LogP) is 1.31. The fourth-order valence-electron chi connectivity index (χ4n) is 1.44. The summed E-state index contributed by atoms with van der Waals surface area (Å²) in [7, 11) is 0. The van der Waals surface area contributed by atoms with Gasteiger partial charge in [-0.3, -0.25) is 9.78 Å². The number of hydrogen-bond acceptors (Lipinski definition) is 4. The van der Waals surface area contributed by atoms with Crippen molar-refractivity contribution in [2.24, 2.45) is 0 Å². The Morgan fingerprint density at radius 2 is 2.26 bits per heavy atom. The summed E-state index contributed by atoms with van der Waals surface area (Å²) in [5.41, 5.74) is 0.662. The van der Waals surface area contributed by atoms with Crippen molar-refractivity contribution in [1.82, 2.24) is 10.3 Å². The summed E-state index contributed by atoms with van der Waals surface area (Å²) in [6, 6.07) is 5.65. The third-order valence-corrected chi connectivity index (χ3v) is 2.66. The highest BCUT2D eigenvalue weighted by Crippen LogP contribution is 2.18. The van der Waals surface area contributed by atoms with Gasteiger partial charge in [-0.15, -0.1) is 0 Å². The average molecular weight is 260 g/mol. The highest BCUT2D eigenvalue weighted by Gasteiger charge is 2.26. The molecule has 1 saturated carbocycles. The Kier molecular flexibility index (Phi) is 4.28. The topological polar surface area (TPSA) is 68.3 Å². The van der Waals surface area contributed by atoms with Crippen LogP contribution in [0.15, 0.2) is 30.5 Å². The summed E-state index contributed by atoms with van der Waals surface area (Å²) in [5, 5.41) is 2.78. The third kappa shape index (κ3) is 4.54. The SMILES string of the molecule is C[C@H](OC(=O)/C=C/c1ccccn1)C(=O)NC1CC1. The van der Waals surface area contributed by atoms with Crippen LogP contribution in [0.2, 0.25) is 0 Å². The molecule has 1 aromatic heterocycles. The highest BCUT2D eigenvalue weighted by molar-refractivity contribution is 5.90. The molecular formula is C14H16N2O3. The Balaban J connectivity index is 1.79. The smallest absolute Gasteiger partial charge is 0.331 e. The lowest BCUT2D eigenvalue weighted by Crippen LogP contribution is -2.36. The molecule has 0 spiro atoms. The van der Waals surface area contributed by atoms with Gasteiger partial charge in [-0.2, -0.15) is 0 Å². The van der Waals surface area contributed by atoms with Crippen LogP contribution < -0.4 is 5.32 Å². The lowest BCUT2D eigenvalue weighted by molar-refractivity contribution is -0.150. The van der Waals surface area contributed by atoms with E-state index in [9.17, 15) is 9.59 Å². The molecule has 1 fully saturated rings. The van der Waals surface area contributed by atoms with Crippen LogP contribution in [0.25, 0.3) is 6.08 Å². The molecule has 1 amide bonds. The van der Waals surface area contributed by atoms with Gasteiger partial charge in [0.05, 0.1) is 5.69 Å². The predicted molar refractivity (Wildman–Crippen MR) is 70.0 cm³/mol. The first-order chi connectivity index (χ1) is 9.15. The number of rotatable bonds is 5. The first kappa shape index (κ1) is 13.3. The molecule has 0 radical (unpaired) electrons. The number of hydrogen-bond donors (Lipinski definition) is 1. The minimum atomic E-state index is -0.776. The van der Waals surface area contributed by atoms with E-state index in [4.69, 9.17) is 4.74 Å². The fraction of sp³-hybridized carbons (Fsp3) is 0.357. The van der Waals surface area contributed by atoms with Crippen LogP contribution in [0.3, 0.4) is 0 Å². The molecule has 19 heavy (non-hydrogen) atoms. The van der Waals surface area contributed by atoms with Crippen molar-refractivity contribution in [1.29, 1.82) is 0 Å². The first-order valence-electron chi connectivity index (χ1n) is 6.25. The first-order valence-corrected chi connectivity index (χ1v) is 6.25. The second-order valence-corrected chi connectivity index (χ2v) is 4.45. The molecular weight excluding hydrogens is 244 g/mol. The van der Waals surface area contributed by atoms with Crippen LogP contribution >= 0.6 is 0 Å². The fourth-order valence-corrected chi connectivity index (χ4v) is 1.44. The second kappa shape index (κ2) is 6.13. The van der Waals surface area contributed by atoms with E-state index in [2.05, 4.69) is 10.3 Å². The van der Waals surface area contributed by atoms with E-state index < -0.39 is 12.1 Å². The zero-order valence-corrected chi connectivity index (χ0v) is 10.7. The maximum atomic E-state index is 11.6. The molecule has 5 heteroatoms. The van der Waals surface area contributed by atoms with Crippen LogP contribution in [0.4, 0.5) is 0 Å². The van der Waals surface area contributed by atoms with Gasteiger partial charge in [0.2, 0.25) is 0 Å². The van der Waals surface area contributed by atoms with Crippen molar-refractivity contribution in [2.45, 2.75) is 31.9 Å². The Morgan fingerprint density at radius 3 is 2.89 bits per heavy atom. The number of carbonyl (C=O) groups excluding carboxylic acids is 2. The third-order valence-electron chi connectivity index (χ3n) is 2.66. The van der Waals surface area contributed by atoms with Crippen molar-refractivity contribution in [3.8, 4) is 0 Å². The summed E-state index contributed by atoms with van der Waals surface area (Å²) in [5.74, 6) is -0.800. The Morgan fingerprint density at radius 1 is 1.47 bits per heavy atom. The van der Waals surface area contributed by atoms with Gasteiger partial charge in [0, 0.05) is 18.3 Å². The number of ether oxygens (including phenoxy) is 1. The number of amides is 1. The quantitative estimate of drug-likeness (QED) is 0.640. The van der Waals surface area contributed by atoms with Crippen LogP contribution in [-0.4, -0.2) is 29.0 Å². The van der Waals surface area contributed by atoms with Crippen molar-refractivity contribution >= 4 is 18.0 Å². The molecule has 1 heterocycles. The van der Waals surface area contributed by atoms with E-state index in [1.807, 2.05) is 6.07 Å². The highest BCUT2D eigenvalue weighted by atomic mass is 16.5. The maximum Gasteiger partial charge on any atom is 0.331 e. The summed E-state index contributed by atoms with van der Waals surface area (Å²) < 4.78 is 5.00. The van der Waals surface area contributed by atoms with E-state index in [0.29, 0.717) is 5.69 Å². The molecule has 1 atom stereocenters. The number of nitrogens with zero attached hydrogens (tertiary/aromatic N) is 1. The van der Waals surface area contributed by atoms with Gasteiger partial charge in [-0.1, -0.05) is 6.07 Å². The standard InChI is InChI=1S/C14H16N2O3/c1-10(14(18)16-12-5-6-12)19-13(17)8-7-11-4-2-3-9-15-11/h2-4,7-10,12H,5-6H2,1H3,(H,16,18)/b8-7+/t10-/m0/s1. The maximum absolute atomic E-state index is 11.6. The van der Waals surface area contributed by atoms with E-state index in [1.54, 1.807) is 31.3 Å². The van der Waals surface area contributed by atoms with Gasteiger partial charge >= 0.3 is 5.97 Å². The molecule has 0 aromatic carbocycles. The zero-order valence-electron chi connectivity index (χ0n) is 10.7. The van der Waals surface area contributed by atoms with E-state index >= 15 is 0 Å². The minimum absolute atomic E-state index is 0.248.